The van der Waals surface area contributed by atoms with Gasteiger partial charge in [0, 0.05) is 11.1 Å². The molecule has 1 atom stereocenters. The summed E-state index contributed by atoms with van der Waals surface area (Å²) in [5.74, 6) is 0. The van der Waals surface area contributed by atoms with Crippen molar-refractivity contribution in [3.05, 3.63) is 47.0 Å². The van der Waals surface area contributed by atoms with Crippen molar-refractivity contribution in [2.24, 2.45) is 0 Å². The average Bonchev–Trinajstić information content (AvgIpc) is 2.25. The number of benzene rings is 1. The topological polar surface area (TPSA) is 12.0 Å². The van der Waals surface area contributed by atoms with E-state index in [1.54, 1.807) is 0 Å². The smallest absolute Gasteiger partial charge is 0.0406 e. The summed E-state index contributed by atoms with van der Waals surface area (Å²) in [6.07, 6.45) is 2.14. The van der Waals surface area contributed by atoms with Crippen LogP contribution in [0.3, 0.4) is 0 Å². The van der Waals surface area contributed by atoms with Gasteiger partial charge in [-0.3, -0.25) is 0 Å². The first-order valence-corrected chi connectivity index (χ1v) is 6.14. The monoisotopic (exact) mass is 237 g/mol. The van der Waals surface area contributed by atoms with Crippen LogP contribution in [-0.4, -0.2) is 6.54 Å². The first kappa shape index (κ1) is 13.3. The standard InChI is InChI=1S/C14H20ClN/c1-4-16-14(10-5-11(2)3)12-6-8-13(15)9-7-12/h6-9,14,16H,2,4-5,10H2,1,3H3. The first-order valence-electron chi connectivity index (χ1n) is 5.76. The Morgan fingerprint density at radius 2 is 2.00 bits per heavy atom. The zero-order valence-corrected chi connectivity index (χ0v) is 10.8. The molecule has 0 aromatic heterocycles. The van der Waals surface area contributed by atoms with Gasteiger partial charge in [-0.1, -0.05) is 36.2 Å². The van der Waals surface area contributed by atoms with E-state index in [-0.39, 0.29) is 0 Å². The Morgan fingerprint density at radius 3 is 2.50 bits per heavy atom. The Labute approximate surface area is 104 Å². The fourth-order valence-electron chi connectivity index (χ4n) is 1.72. The molecule has 2 heteroatoms. The lowest BCUT2D eigenvalue weighted by atomic mass is 10.00. The number of rotatable bonds is 6. The van der Waals surface area contributed by atoms with Crippen LogP contribution in [0.25, 0.3) is 0 Å². The van der Waals surface area contributed by atoms with Crippen LogP contribution < -0.4 is 5.32 Å². The van der Waals surface area contributed by atoms with Gasteiger partial charge in [0.25, 0.3) is 0 Å². The lowest BCUT2D eigenvalue weighted by Crippen LogP contribution is -2.20. The lowest BCUT2D eigenvalue weighted by Gasteiger charge is -2.18. The van der Waals surface area contributed by atoms with E-state index in [0.717, 1.165) is 24.4 Å². The van der Waals surface area contributed by atoms with E-state index >= 15 is 0 Å². The van der Waals surface area contributed by atoms with Gasteiger partial charge in [0.1, 0.15) is 0 Å². The Balaban J connectivity index is 2.68. The normalized spacial score (nSPS) is 12.4. The van der Waals surface area contributed by atoms with Gasteiger partial charge in [-0.2, -0.15) is 0 Å². The SMILES string of the molecule is C=C(C)CCC(NCC)c1ccc(Cl)cc1. The summed E-state index contributed by atoms with van der Waals surface area (Å²) in [6, 6.07) is 8.48. The molecule has 0 heterocycles. The quantitative estimate of drug-likeness (QED) is 0.726. The van der Waals surface area contributed by atoms with E-state index in [1.807, 2.05) is 12.1 Å². The van der Waals surface area contributed by atoms with Crippen LogP contribution in [0.15, 0.2) is 36.4 Å². The Kier molecular flexibility index (Phi) is 5.58. The van der Waals surface area contributed by atoms with Gasteiger partial charge in [-0.05, 0) is 44.0 Å². The van der Waals surface area contributed by atoms with Gasteiger partial charge < -0.3 is 5.32 Å². The highest BCUT2D eigenvalue weighted by Gasteiger charge is 2.09. The molecule has 16 heavy (non-hydrogen) atoms. The Hall–Kier alpha value is -0.790. The number of nitrogens with one attached hydrogen (secondary N) is 1. The first-order chi connectivity index (χ1) is 7.63. The van der Waals surface area contributed by atoms with Crippen molar-refractivity contribution >= 4 is 11.6 Å². The van der Waals surface area contributed by atoms with Crippen molar-refractivity contribution in [1.29, 1.82) is 0 Å². The molecule has 0 fully saturated rings. The second-order valence-corrected chi connectivity index (χ2v) is 4.59. The zero-order chi connectivity index (χ0) is 12.0. The Morgan fingerprint density at radius 1 is 1.38 bits per heavy atom. The number of halogens is 1. The van der Waals surface area contributed by atoms with Gasteiger partial charge in [0.05, 0.1) is 0 Å². The van der Waals surface area contributed by atoms with Crippen molar-refractivity contribution in [1.82, 2.24) is 5.32 Å². The maximum atomic E-state index is 5.89. The highest BCUT2D eigenvalue weighted by Crippen LogP contribution is 2.22. The molecule has 0 aliphatic heterocycles. The molecular weight excluding hydrogens is 218 g/mol. The molecule has 0 amide bonds. The second kappa shape index (κ2) is 6.72. The van der Waals surface area contributed by atoms with Crippen molar-refractivity contribution in [3.8, 4) is 0 Å². The molecule has 1 N–H and O–H groups in total. The number of hydrogen-bond acceptors (Lipinski definition) is 1. The third-order valence-corrected chi connectivity index (χ3v) is 2.83. The van der Waals surface area contributed by atoms with E-state index in [4.69, 9.17) is 11.6 Å². The summed E-state index contributed by atoms with van der Waals surface area (Å²) in [7, 11) is 0. The van der Waals surface area contributed by atoms with Gasteiger partial charge in [0.15, 0.2) is 0 Å². The molecular formula is C14H20ClN. The molecule has 0 saturated carbocycles. The Bertz CT molecular complexity index is 329. The molecule has 1 rings (SSSR count). The highest BCUT2D eigenvalue weighted by molar-refractivity contribution is 6.30. The number of allylic oxidation sites excluding steroid dienone is 1. The van der Waals surface area contributed by atoms with Crippen molar-refractivity contribution in [3.63, 3.8) is 0 Å². The van der Waals surface area contributed by atoms with Crippen LogP contribution in [0.1, 0.15) is 38.3 Å². The molecule has 0 saturated heterocycles. The summed E-state index contributed by atoms with van der Waals surface area (Å²) in [6.45, 7) is 9.12. The predicted octanol–water partition coefficient (Wildman–Crippen LogP) is 4.35. The summed E-state index contributed by atoms with van der Waals surface area (Å²) < 4.78 is 0. The minimum atomic E-state index is 0.402. The lowest BCUT2D eigenvalue weighted by molar-refractivity contribution is 0.515. The molecule has 88 valence electrons. The number of hydrogen-bond donors (Lipinski definition) is 1. The second-order valence-electron chi connectivity index (χ2n) is 4.16. The minimum Gasteiger partial charge on any atom is -0.310 e. The van der Waals surface area contributed by atoms with Crippen molar-refractivity contribution in [2.45, 2.75) is 32.7 Å². The molecule has 1 aromatic carbocycles. The van der Waals surface area contributed by atoms with E-state index in [9.17, 15) is 0 Å². The zero-order valence-electron chi connectivity index (χ0n) is 10.1. The summed E-state index contributed by atoms with van der Waals surface area (Å²) in [5.41, 5.74) is 2.53. The molecule has 0 aliphatic rings. The third-order valence-electron chi connectivity index (χ3n) is 2.58. The molecule has 0 aliphatic carbocycles. The van der Waals surface area contributed by atoms with Crippen LogP contribution in [0.4, 0.5) is 0 Å². The molecule has 0 spiro atoms. The summed E-state index contributed by atoms with van der Waals surface area (Å²) in [4.78, 5) is 0. The van der Waals surface area contributed by atoms with E-state index in [0.29, 0.717) is 6.04 Å². The fourth-order valence-corrected chi connectivity index (χ4v) is 1.84. The van der Waals surface area contributed by atoms with E-state index in [1.165, 1.54) is 11.1 Å². The van der Waals surface area contributed by atoms with Gasteiger partial charge in [-0.15, -0.1) is 6.58 Å². The van der Waals surface area contributed by atoms with E-state index < -0.39 is 0 Å². The van der Waals surface area contributed by atoms with Gasteiger partial charge in [0.2, 0.25) is 0 Å². The van der Waals surface area contributed by atoms with Crippen molar-refractivity contribution in [2.75, 3.05) is 6.54 Å². The molecule has 0 radical (unpaired) electrons. The maximum Gasteiger partial charge on any atom is 0.0406 e. The highest BCUT2D eigenvalue weighted by atomic mass is 35.5. The summed E-state index contributed by atoms with van der Waals surface area (Å²) in [5, 5.41) is 4.28. The summed E-state index contributed by atoms with van der Waals surface area (Å²) >= 11 is 5.89. The fraction of sp³-hybridized carbons (Fsp3) is 0.429. The van der Waals surface area contributed by atoms with Crippen LogP contribution >= 0.6 is 11.6 Å². The van der Waals surface area contributed by atoms with Crippen LogP contribution in [-0.2, 0) is 0 Å². The largest absolute Gasteiger partial charge is 0.310 e. The van der Waals surface area contributed by atoms with Gasteiger partial charge in [-0.25, -0.2) is 0 Å². The van der Waals surface area contributed by atoms with Crippen LogP contribution in [0.2, 0.25) is 5.02 Å². The molecule has 0 bridgehead atoms. The molecule has 1 aromatic rings. The third kappa shape index (κ3) is 4.38. The maximum absolute atomic E-state index is 5.89. The minimum absolute atomic E-state index is 0.402. The average molecular weight is 238 g/mol. The van der Waals surface area contributed by atoms with Crippen LogP contribution in [0.5, 0.6) is 0 Å². The van der Waals surface area contributed by atoms with Gasteiger partial charge >= 0.3 is 0 Å². The van der Waals surface area contributed by atoms with E-state index in [2.05, 4.69) is 37.9 Å². The molecule has 1 unspecified atom stereocenters. The van der Waals surface area contributed by atoms with Crippen molar-refractivity contribution < 1.29 is 0 Å². The molecule has 1 nitrogen and oxygen atoms in total. The predicted molar refractivity (Wildman–Crippen MR) is 71.9 cm³/mol. The van der Waals surface area contributed by atoms with Crippen LogP contribution in [0, 0.1) is 0 Å².